The van der Waals surface area contributed by atoms with Crippen molar-refractivity contribution in [3.8, 4) is 23.0 Å². The van der Waals surface area contributed by atoms with Crippen molar-refractivity contribution in [2.75, 3.05) is 47.2 Å². The lowest BCUT2D eigenvalue weighted by atomic mass is 10.00. The molecular weight excluding hydrogens is 475 g/mol. The number of hydrogen-bond acceptors (Lipinski definition) is 5. The molecule has 2 aliphatic rings. The molecule has 0 radical (unpaired) electrons. The van der Waals surface area contributed by atoms with Gasteiger partial charge in [-0.1, -0.05) is 18.2 Å². The minimum atomic E-state index is -0.322. The highest BCUT2D eigenvalue weighted by atomic mass is 19.1. The summed E-state index contributed by atoms with van der Waals surface area (Å²) in [6.45, 7) is 4.04. The number of methoxy groups -OCH3 is 2. The number of nitrogens with zero attached hydrogens (tertiary/aromatic N) is 1. The Balaban J connectivity index is 1.33. The van der Waals surface area contributed by atoms with Crippen molar-refractivity contribution < 1.29 is 33.0 Å². The first kappa shape index (κ1) is 24.6. The predicted molar refractivity (Wildman–Crippen MR) is 137 cm³/mol. The molecule has 8 heteroatoms. The van der Waals surface area contributed by atoms with Crippen molar-refractivity contribution in [2.24, 2.45) is 0 Å². The summed E-state index contributed by atoms with van der Waals surface area (Å²) in [4.78, 5) is 17.1. The highest BCUT2D eigenvalue weighted by Crippen LogP contribution is 2.33. The van der Waals surface area contributed by atoms with Gasteiger partial charge in [-0.25, -0.2) is 4.39 Å². The molecular formula is C29H30FN2O5+. The molecule has 0 aliphatic carbocycles. The summed E-state index contributed by atoms with van der Waals surface area (Å²) in [5.74, 6) is 2.30. The molecule has 2 aliphatic heterocycles. The van der Waals surface area contributed by atoms with Gasteiger partial charge >= 0.3 is 0 Å². The molecule has 0 aromatic heterocycles. The molecule has 1 amide bonds. The molecule has 0 atom stereocenters. The average molecular weight is 506 g/mol. The summed E-state index contributed by atoms with van der Waals surface area (Å²) in [7, 11) is 3.14. The van der Waals surface area contributed by atoms with Crippen LogP contribution in [0.5, 0.6) is 23.0 Å². The standard InChI is InChI=1S/C29H29FN2O5/c1-34-25-10-6-22(17-27(25)35-2)24(15-20-3-7-23(30)8-4-20)29(33)32-13-11-31(12-14-32)18-21-5-9-26-28(16-21)37-19-36-26/h3-10,15-17H,11-14,18-19H2,1-2H3/p+1/b24-15+. The van der Waals surface area contributed by atoms with Crippen LogP contribution >= 0.6 is 0 Å². The van der Waals surface area contributed by atoms with E-state index in [2.05, 4.69) is 6.07 Å². The van der Waals surface area contributed by atoms with Gasteiger partial charge in [-0.15, -0.1) is 0 Å². The van der Waals surface area contributed by atoms with Gasteiger partial charge in [-0.05, 0) is 59.7 Å². The Hall–Kier alpha value is -4.04. The molecule has 3 aromatic rings. The lowest BCUT2D eigenvalue weighted by Crippen LogP contribution is -3.13. The lowest BCUT2D eigenvalue weighted by Gasteiger charge is -2.33. The molecule has 1 fully saturated rings. The highest BCUT2D eigenvalue weighted by Gasteiger charge is 2.27. The first-order chi connectivity index (χ1) is 18.0. The molecule has 0 unspecified atom stereocenters. The molecule has 0 bridgehead atoms. The average Bonchev–Trinajstić information content (AvgIpc) is 3.40. The first-order valence-electron chi connectivity index (χ1n) is 12.2. The van der Waals surface area contributed by atoms with Crippen molar-refractivity contribution in [1.29, 1.82) is 0 Å². The second-order valence-corrected chi connectivity index (χ2v) is 9.09. The van der Waals surface area contributed by atoms with Crippen LogP contribution in [0.2, 0.25) is 0 Å². The van der Waals surface area contributed by atoms with Crippen LogP contribution in [0.15, 0.2) is 60.7 Å². The van der Waals surface area contributed by atoms with Gasteiger partial charge < -0.3 is 28.7 Å². The maximum Gasteiger partial charge on any atom is 0.254 e. The van der Waals surface area contributed by atoms with Crippen molar-refractivity contribution in [1.82, 2.24) is 4.90 Å². The van der Waals surface area contributed by atoms with Crippen LogP contribution in [-0.2, 0) is 11.3 Å². The number of benzene rings is 3. The number of carbonyl (C=O) groups excluding carboxylic acids is 1. The molecule has 2 heterocycles. The van der Waals surface area contributed by atoms with Crippen LogP contribution in [0.25, 0.3) is 11.6 Å². The Morgan fingerprint density at radius 2 is 1.68 bits per heavy atom. The second-order valence-electron chi connectivity index (χ2n) is 9.09. The fraction of sp³-hybridized carbons (Fsp3) is 0.276. The summed E-state index contributed by atoms with van der Waals surface area (Å²) >= 11 is 0. The SMILES string of the molecule is COc1ccc(/C(=C\c2ccc(F)cc2)C(=O)N2CC[NH+](Cc3ccc4c(c3)OCO4)CC2)cc1OC. The van der Waals surface area contributed by atoms with E-state index < -0.39 is 0 Å². The van der Waals surface area contributed by atoms with Gasteiger partial charge in [-0.3, -0.25) is 4.79 Å². The van der Waals surface area contributed by atoms with E-state index in [0.717, 1.165) is 36.7 Å². The smallest absolute Gasteiger partial charge is 0.254 e. The molecule has 3 aromatic carbocycles. The van der Waals surface area contributed by atoms with Gasteiger partial charge in [0, 0.05) is 11.1 Å². The van der Waals surface area contributed by atoms with Crippen LogP contribution in [0.1, 0.15) is 16.7 Å². The molecule has 7 nitrogen and oxygen atoms in total. The van der Waals surface area contributed by atoms with Gasteiger partial charge in [0.1, 0.15) is 12.4 Å². The first-order valence-corrected chi connectivity index (χ1v) is 12.2. The summed E-state index contributed by atoms with van der Waals surface area (Å²) in [5, 5.41) is 0. The largest absolute Gasteiger partial charge is 0.493 e. The number of carbonyl (C=O) groups is 1. The van der Waals surface area contributed by atoms with Gasteiger partial charge in [0.05, 0.1) is 40.4 Å². The number of nitrogens with one attached hydrogen (secondary N) is 1. The molecule has 192 valence electrons. The molecule has 1 saturated heterocycles. The Morgan fingerprint density at radius 1 is 0.946 bits per heavy atom. The zero-order valence-electron chi connectivity index (χ0n) is 21.0. The number of hydrogen-bond donors (Lipinski definition) is 1. The van der Waals surface area contributed by atoms with Crippen molar-refractivity contribution in [2.45, 2.75) is 6.54 Å². The number of fused-ring (bicyclic) bond motifs is 1. The monoisotopic (exact) mass is 505 g/mol. The summed E-state index contributed by atoms with van der Waals surface area (Å²) < 4.78 is 35.2. The summed E-state index contributed by atoms with van der Waals surface area (Å²) in [6, 6.07) is 17.6. The third-order valence-corrected chi connectivity index (χ3v) is 6.75. The number of piperazine rings is 1. The Morgan fingerprint density at radius 3 is 2.41 bits per heavy atom. The Labute approximate surface area is 215 Å². The fourth-order valence-corrected chi connectivity index (χ4v) is 4.71. The van der Waals surface area contributed by atoms with E-state index in [1.54, 1.807) is 44.6 Å². The van der Waals surface area contributed by atoms with E-state index in [-0.39, 0.29) is 18.5 Å². The molecule has 5 rings (SSSR count). The van der Waals surface area contributed by atoms with Crippen molar-refractivity contribution >= 4 is 17.6 Å². The normalized spacial score (nSPS) is 15.5. The maximum absolute atomic E-state index is 13.8. The van der Waals surface area contributed by atoms with Gasteiger partial charge in [0.15, 0.2) is 23.0 Å². The van der Waals surface area contributed by atoms with Crippen LogP contribution in [-0.4, -0.2) is 58.0 Å². The third-order valence-electron chi connectivity index (χ3n) is 6.75. The second kappa shape index (κ2) is 10.9. The summed E-state index contributed by atoms with van der Waals surface area (Å²) in [5.41, 5.74) is 3.15. The number of rotatable bonds is 7. The topological polar surface area (TPSA) is 61.7 Å². The van der Waals surface area contributed by atoms with E-state index in [4.69, 9.17) is 18.9 Å². The molecule has 0 saturated carbocycles. The van der Waals surface area contributed by atoms with E-state index in [9.17, 15) is 9.18 Å². The van der Waals surface area contributed by atoms with E-state index in [0.29, 0.717) is 35.7 Å². The highest BCUT2D eigenvalue weighted by molar-refractivity contribution is 6.24. The zero-order chi connectivity index (χ0) is 25.8. The zero-order valence-corrected chi connectivity index (χ0v) is 21.0. The number of amides is 1. The quantitative estimate of drug-likeness (QED) is 0.395. The van der Waals surface area contributed by atoms with Crippen LogP contribution < -0.4 is 23.8 Å². The minimum absolute atomic E-state index is 0.0707. The van der Waals surface area contributed by atoms with E-state index in [1.165, 1.54) is 22.6 Å². The van der Waals surface area contributed by atoms with Crippen LogP contribution in [0.3, 0.4) is 0 Å². The molecule has 1 N–H and O–H groups in total. The molecule has 0 spiro atoms. The van der Waals surface area contributed by atoms with Gasteiger partial charge in [0.2, 0.25) is 6.79 Å². The Bertz CT molecular complexity index is 1300. The van der Waals surface area contributed by atoms with Crippen LogP contribution in [0.4, 0.5) is 4.39 Å². The number of ether oxygens (including phenoxy) is 4. The van der Waals surface area contributed by atoms with E-state index >= 15 is 0 Å². The van der Waals surface area contributed by atoms with Crippen molar-refractivity contribution in [3.05, 3.63) is 83.2 Å². The Kier molecular flexibility index (Phi) is 7.28. The number of quaternary nitrogens is 1. The van der Waals surface area contributed by atoms with Crippen molar-refractivity contribution in [3.63, 3.8) is 0 Å². The van der Waals surface area contributed by atoms with Gasteiger partial charge in [0.25, 0.3) is 5.91 Å². The number of halogens is 1. The maximum atomic E-state index is 13.8. The summed E-state index contributed by atoms with van der Waals surface area (Å²) in [6.07, 6.45) is 1.80. The van der Waals surface area contributed by atoms with Gasteiger partial charge in [-0.2, -0.15) is 0 Å². The minimum Gasteiger partial charge on any atom is -0.493 e. The fourth-order valence-electron chi connectivity index (χ4n) is 4.71. The lowest BCUT2D eigenvalue weighted by molar-refractivity contribution is -0.917. The third kappa shape index (κ3) is 5.54. The predicted octanol–water partition coefficient (Wildman–Crippen LogP) is 3.04. The van der Waals surface area contributed by atoms with E-state index in [1.807, 2.05) is 23.1 Å². The van der Waals surface area contributed by atoms with Crippen LogP contribution in [0, 0.1) is 5.82 Å². The molecule has 37 heavy (non-hydrogen) atoms.